The molecule has 122 valence electrons. The predicted octanol–water partition coefficient (Wildman–Crippen LogP) is 2.61. The van der Waals surface area contributed by atoms with Gasteiger partial charge in [-0.15, -0.1) is 0 Å². The number of aryl methyl sites for hydroxylation is 2. The zero-order chi connectivity index (χ0) is 16.8. The van der Waals surface area contributed by atoms with Crippen LogP contribution in [0.4, 0.5) is 4.39 Å². The van der Waals surface area contributed by atoms with Gasteiger partial charge < -0.3 is 15.2 Å². The highest BCUT2D eigenvalue weighted by molar-refractivity contribution is 5.94. The van der Waals surface area contributed by atoms with Gasteiger partial charge in [-0.05, 0) is 49.2 Å². The minimum Gasteiger partial charge on any atom is -0.491 e. The summed E-state index contributed by atoms with van der Waals surface area (Å²) in [5, 5.41) is 12.4. The van der Waals surface area contributed by atoms with Gasteiger partial charge >= 0.3 is 0 Å². The fourth-order valence-electron chi connectivity index (χ4n) is 2.07. The topological polar surface area (TPSA) is 58.6 Å². The summed E-state index contributed by atoms with van der Waals surface area (Å²) < 4.78 is 19.1. The third-order valence-corrected chi connectivity index (χ3v) is 3.30. The summed E-state index contributed by atoms with van der Waals surface area (Å²) in [6.45, 7) is 3.72. The van der Waals surface area contributed by atoms with E-state index in [1.54, 1.807) is 19.1 Å². The lowest BCUT2D eigenvalue weighted by atomic mass is 10.1. The average molecular weight is 317 g/mol. The molecule has 0 aliphatic rings. The minimum atomic E-state index is -0.882. The Bertz CT molecular complexity index is 688. The Morgan fingerprint density at radius 3 is 2.65 bits per heavy atom. The Hall–Kier alpha value is -2.40. The van der Waals surface area contributed by atoms with E-state index in [1.165, 1.54) is 12.1 Å². The zero-order valence-electron chi connectivity index (χ0n) is 13.2. The van der Waals surface area contributed by atoms with Crippen molar-refractivity contribution in [1.82, 2.24) is 5.32 Å². The van der Waals surface area contributed by atoms with E-state index in [9.17, 15) is 14.3 Å². The van der Waals surface area contributed by atoms with E-state index in [1.807, 2.05) is 25.1 Å². The second kappa shape index (κ2) is 7.74. The molecule has 0 aliphatic heterocycles. The monoisotopic (exact) mass is 317 g/mol. The second-order valence-corrected chi connectivity index (χ2v) is 5.47. The first-order chi connectivity index (χ1) is 11.0. The fraction of sp³-hybridized carbons (Fsp3) is 0.278. The summed E-state index contributed by atoms with van der Waals surface area (Å²) in [5.74, 6) is -0.481. The Morgan fingerprint density at radius 2 is 1.96 bits per heavy atom. The summed E-state index contributed by atoms with van der Waals surface area (Å²) in [4.78, 5) is 11.9. The molecule has 2 N–H and O–H groups in total. The molecule has 0 spiro atoms. The van der Waals surface area contributed by atoms with Crippen LogP contribution in [-0.2, 0) is 0 Å². The molecule has 0 aliphatic carbocycles. The SMILES string of the molecule is Cc1cccc(OCC(O)CNC(=O)c2ccc(C)cc2F)c1. The van der Waals surface area contributed by atoms with Gasteiger partial charge in [0.25, 0.3) is 5.91 Å². The van der Waals surface area contributed by atoms with Gasteiger partial charge in [-0.1, -0.05) is 18.2 Å². The maximum absolute atomic E-state index is 13.7. The van der Waals surface area contributed by atoms with E-state index in [-0.39, 0.29) is 18.7 Å². The molecule has 0 heterocycles. The summed E-state index contributed by atoms with van der Waals surface area (Å²) in [6, 6.07) is 11.8. The van der Waals surface area contributed by atoms with Crippen molar-refractivity contribution in [2.45, 2.75) is 20.0 Å². The molecule has 0 bridgehead atoms. The van der Waals surface area contributed by atoms with Crippen LogP contribution in [0.2, 0.25) is 0 Å². The van der Waals surface area contributed by atoms with Crippen molar-refractivity contribution >= 4 is 5.91 Å². The first-order valence-corrected chi connectivity index (χ1v) is 7.37. The number of benzene rings is 2. The highest BCUT2D eigenvalue weighted by atomic mass is 19.1. The summed E-state index contributed by atoms with van der Waals surface area (Å²) in [7, 11) is 0. The number of carbonyl (C=O) groups excluding carboxylic acids is 1. The third-order valence-electron chi connectivity index (χ3n) is 3.30. The molecule has 1 atom stereocenters. The van der Waals surface area contributed by atoms with Crippen molar-refractivity contribution in [1.29, 1.82) is 0 Å². The van der Waals surface area contributed by atoms with Gasteiger partial charge in [0.2, 0.25) is 0 Å². The van der Waals surface area contributed by atoms with Crippen LogP contribution in [0.5, 0.6) is 5.75 Å². The van der Waals surface area contributed by atoms with E-state index in [0.717, 1.165) is 11.1 Å². The minimum absolute atomic E-state index is 0.0159. The van der Waals surface area contributed by atoms with Gasteiger partial charge in [0, 0.05) is 6.54 Å². The molecule has 5 heteroatoms. The molecule has 2 rings (SSSR count). The van der Waals surface area contributed by atoms with Crippen LogP contribution in [0.25, 0.3) is 0 Å². The second-order valence-electron chi connectivity index (χ2n) is 5.47. The molecule has 4 nitrogen and oxygen atoms in total. The number of ether oxygens (including phenoxy) is 1. The van der Waals surface area contributed by atoms with Crippen LogP contribution < -0.4 is 10.1 Å². The molecular formula is C18H20FNO3. The first-order valence-electron chi connectivity index (χ1n) is 7.37. The number of amides is 1. The van der Waals surface area contributed by atoms with Crippen molar-refractivity contribution in [3.05, 3.63) is 65.0 Å². The fourth-order valence-corrected chi connectivity index (χ4v) is 2.07. The first kappa shape index (κ1) is 17.0. The largest absolute Gasteiger partial charge is 0.491 e. The Kier molecular flexibility index (Phi) is 5.71. The maximum Gasteiger partial charge on any atom is 0.254 e. The van der Waals surface area contributed by atoms with Crippen LogP contribution in [0, 0.1) is 19.7 Å². The Balaban J connectivity index is 1.81. The number of nitrogens with one attached hydrogen (secondary N) is 1. The molecule has 0 saturated heterocycles. The molecule has 0 fully saturated rings. The molecule has 0 aromatic heterocycles. The van der Waals surface area contributed by atoms with Crippen molar-refractivity contribution < 1.29 is 19.0 Å². The normalized spacial score (nSPS) is 11.8. The number of carbonyl (C=O) groups is 1. The smallest absolute Gasteiger partial charge is 0.254 e. The van der Waals surface area contributed by atoms with Gasteiger partial charge in [0.05, 0.1) is 5.56 Å². The highest BCUT2D eigenvalue weighted by Crippen LogP contribution is 2.12. The molecular weight excluding hydrogens is 297 g/mol. The number of aliphatic hydroxyl groups excluding tert-OH is 1. The van der Waals surface area contributed by atoms with E-state index in [4.69, 9.17) is 4.74 Å². The molecule has 2 aromatic rings. The maximum atomic E-state index is 13.7. The molecule has 1 amide bonds. The number of aliphatic hydroxyl groups is 1. The predicted molar refractivity (Wildman–Crippen MR) is 86.2 cm³/mol. The van der Waals surface area contributed by atoms with E-state index in [0.29, 0.717) is 5.75 Å². The zero-order valence-corrected chi connectivity index (χ0v) is 13.2. The Labute approximate surface area is 134 Å². The van der Waals surface area contributed by atoms with Gasteiger partial charge in [0.1, 0.15) is 24.3 Å². The lowest BCUT2D eigenvalue weighted by molar-refractivity contribution is 0.0840. The van der Waals surface area contributed by atoms with Gasteiger partial charge in [-0.25, -0.2) is 4.39 Å². The van der Waals surface area contributed by atoms with Gasteiger partial charge in [-0.3, -0.25) is 4.79 Å². The van der Waals surface area contributed by atoms with Crippen molar-refractivity contribution in [3.63, 3.8) is 0 Å². The summed E-state index contributed by atoms with van der Waals surface area (Å²) >= 11 is 0. The molecule has 0 saturated carbocycles. The molecule has 2 aromatic carbocycles. The van der Waals surface area contributed by atoms with Crippen LogP contribution in [0.3, 0.4) is 0 Å². The standard InChI is InChI=1S/C18H20FNO3/c1-12-4-3-5-15(8-12)23-11-14(21)10-20-18(22)16-7-6-13(2)9-17(16)19/h3-9,14,21H,10-11H2,1-2H3,(H,20,22). The lowest BCUT2D eigenvalue weighted by Crippen LogP contribution is -2.35. The summed E-state index contributed by atoms with van der Waals surface area (Å²) in [6.07, 6.45) is -0.882. The van der Waals surface area contributed by atoms with Crippen LogP contribution in [0.15, 0.2) is 42.5 Å². The van der Waals surface area contributed by atoms with Crippen LogP contribution in [-0.4, -0.2) is 30.3 Å². The summed E-state index contributed by atoms with van der Waals surface area (Å²) in [5.41, 5.74) is 1.76. The van der Waals surface area contributed by atoms with Crippen LogP contribution in [0.1, 0.15) is 21.5 Å². The number of rotatable bonds is 6. The van der Waals surface area contributed by atoms with Gasteiger partial charge in [-0.2, -0.15) is 0 Å². The van der Waals surface area contributed by atoms with E-state index >= 15 is 0 Å². The number of hydrogen-bond donors (Lipinski definition) is 2. The van der Waals surface area contributed by atoms with Crippen molar-refractivity contribution in [3.8, 4) is 5.75 Å². The molecule has 1 unspecified atom stereocenters. The number of hydrogen-bond acceptors (Lipinski definition) is 3. The lowest BCUT2D eigenvalue weighted by Gasteiger charge is -2.14. The van der Waals surface area contributed by atoms with Crippen molar-refractivity contribution in [2.24, 2.45) is 0 Å². The quantitative estimate of drug-likeness (QED) is 0.861. The van der Waals surface area contributed by atoms with Crippen LogP contribution >= 0.6 is 0 Å². The average Bonchev–Trinajstić information content (AvgIpc) is 2.50. The van der Waals surface area contributed by atoms with Gasteiger partial charge in [0.15, 0.2) is 0 Å². The highest BCUT2D eigenvalue weighted by Gasteiger charge is 2.13. The molecule has 23 heavy (non-hydrogen) atoms. The number of halogens is 1. The van der Waals surface area contributed by atoms with Crippen molar-refractivity contribution in [2.75, 3.05) is 13.2 Å². The van der Waals surface area contributed by atoms with E-state index in [2.05, 4.69) is 5.32 Å². The molecule has 0 radical (unpaired) electrons. The van der Waals surface area contributed by atoms with E-state index < -0.39 is 17.8 Å². The third kappa shape index (κ3) is 5.07. The Morgan fingerprint density at radius 1 is 1.22 bits per heavy atom.